The second-order valence-electron chi connectivity index (χ2n) is 4.51. The number of rotatable bonds is 5. The van der Waals surface area contributed by atoms with Crippen molar-refractivity contribution < 1.29 is 14.4 Å². The van der Waals surface area contributed by atoms with Crippen LogP contribution in [0.25, 0.3) is 0 Å². The van der Waals surface area contributed by atoms with Crippen LogP contribution in [0.4, 0.5) is 0 Å². The second kappa shape index (κ2) is 5.65. The first-order chi connectivity index (χ1) is 7.91. The molecule has 1 saturated carbocycles. The molecule has 0 radical (unpaired) electrons. The quantitative estimate of drug-likeness (QED) is 0.655. The van der Waals surface area contributed by atoms with Crippen molar-refractivity contribution in [3.05, 3.63) is 0 Å². The zero-order chi connectivity index (χ0) is 13.0. The molecule has 96 valence electrons. The van der Waals surface area contributed by atoms with Gasteiger partial charge in [0, 0.05) is 20.0 Å². The first-order valence-corrected chi connectivity index (χ1v) is 5.70. The van der Waals surface area contributed by atoms with Crippen LogP contribution in [-0.4, -0.2) is 49.3 Å². The Labute approximate surface area is 101 Å². The molecule has 1 aliphatic rings. The van der Waals surface area contributed by atoms with Gasteiger partial charge in [-0.1, -0.05) is 0 Å². The van der Waals surface area contributed by atoms with E-state index >= 15 is 0 Å². The molecule has 0 saturated heterocycles. The van der Waals surface area contributed by atoms with E-state index in [0.717, 1.165) is 12.8 Å². The van der Waals surface area contributed by atoms with Crippen LogP contribution in [0, 0.1) is 5.92 Å². The summed E-state index contributed by atoms with van der Waals surface area (Å²) in [6.07, 6.45) is 1.81. The summed E-state index contributed by atoms with van der Waals surface area (Å²) in [5.74, 6) is -0.510. The molecule has 1 atom stereocenters. The maximum atomic E-state index is 11.5. The third-order valence-corrected chi connectivity index (χ3v) is 2.56. The van der Waals surface area contributed by atoms with Gasteiger partial charge in [0.15, 0.2) is 0 Å². The Morgan fingerprint density at radius 2 is 1.88 bits per heavy atom. The molecule has 0 spiro atoms. The van der Waals surface area contributed by atoms with Gasteiger partial charge in [-0.3, -0.25) is 14.4 Å². The normalized spacial score (nSPS) is 15.9. The maximum Gasteiger partial charge on any atom is 0.244 e. The highest BCUT2D eigenvalue weighted by molar-refractivity contribution is 5.90. The summed E-state index contributed by atoms with van der Waals surface area (Å²) in [5.41, 5.74) is 0. The molecule has 1 aliphatic carbocycles. The molecule has 2 N–H and O–H groups in total. The van der Waals surface area contributed by atoms with E-state index in [-0.39, 0.29) is 30.2 Å². The summed E-state index contributed by atoms with van der Waals surface area (Å²) in [4.78, 5) is 35.6. The Bertz CT molecular complexity index is 324. The molecular formula is C11H19N3O3. The predicted molar refractivity (Wildman–Crippen MR) is 62.0 cm³/mol. The lowest BCUT2D eigenvalue weighted by atomic mass is 10.3. The van der Waals surface area contributed by atoms with Crippen LogP contribution in [0.2, 0.25) is 0 Å². The fourth-order valence-corrected chi connectivity index (χ4v) is 1.40. The highest BCUT2D eigenvalue weighted by Gasteiger charge is 2.29. The van der Waals surface area contributed by atoms with E-state index in [9.17, 15) is 14.4 Å². The Morgan fingerprint density at radius 3 is 2.35 bits per heavy atom. The van der Waals surface area contributed by atoms with Crippen molar-refractivity contribution in [3.63, 3.8) is 0 Å². The number of carbonyl (C=O) groups excluding carboxylic acids is 3. The SMILES string of the molecule is CC(NC(=O)CNC(=O)C1CC1)C(=O)N(C)C. The summed E-state index contributed by atoms with van der Waals surface area (Å²) in [5, 5.41) is 5.07. The zero-order valence-corrected chi connectivity index (χ0v) is 10.4. The minimum absolute atomic E-state index is 0.0691. The Hall–Kier alpha value is -1.59. The average molecular weight is 241 g/mol. The lowest BCUT2D eigenvalue weighted by molar-refractivity contribution is -0.134. The number of nitrogens with zero attached hydrogens (tertiary/aromatic N) is 1. The fraction of sp³-hybridized carbons (Fsp3) is 0.727. The lowest BCUT2D eigenvalue weighted by Crippen LogP contribution is -2.47. The minimum atomic E-state index is -0.574. The maximum absolute atomic E-state index is 11.5. The van der Waals surface area contributed by atoms with Crippen molar-refractivity contribution in [2.24, 2.45) is 5.92 Å². The van der Waals surface area contributed by atoms with Crippen molar-refractivity contribution >= 4 is 17.7 Å². The monoisotopic (exact) mass is 241 g/mol. The molecule has 0 bridgehead atoms. The molecule has 1 rings (SSSR count). The van der Waals surface area contributed by atoms with E-state index in [1.807, 2.05) is 0 Å². The standard InChI is InChI=1S/C11H19N3O3/c1-7(11(17)14(2)3)13-9(15)6-12-10(16)8-4-5-8/h7-8H,4-6H2,1-3H3,(H,12,16)(H,13,15). The number of nitrogens with one attached hydrogen (secondary N) is 2. The van der Waals surface area contributed by atoms with Gasteiger partial charge in [0.05, 0.1) is 6.54 Å². The molecule has 17 heavy (non-hydrogen) atoms. The van der Waals surface area contributed by atoms with Gasteiger partial charge in [0.1, 0.15) is 6.04 Å². The summed E-state index contributed by atoms with van der Waals surface area (Å²) in [6, 6.07) is -0.574. The van der Waals surface area contributed by atoms with Crippen molar-refractivity contribution in [2.45, 2.75) is 25.8 Å². The van der Waals surface area contributed by atoms with E-state index in [1.54, 1.807) is 21.0 Å². The smallest absolute Gasteiger partial charge is 0.244 e. The fourth-order valence-electron chi connectivity index (χ4n) is 1.40. The average Bonchev–Trinajstić information content (AvgIpc) is 3.08. The Balaban J connectivity index is 2.23. The molecule has 0 aliphatic heterocycles. The van der Waals surface area contributed by atoms with Gasteiger partial charge in [0.2, 0.25) is 17.7 Å². The zero-order valence-electron chi connectivity index (χ0n) is 10.4. The molecule has 6 nitrogen and oxygen atoms in total. The summed E-state index contributed by atoms with van der Waals surface area (Å²) >= 11 is 0. The van der Waals surface area contributed by atoms with Crippen LogP contribution in [0.15, 0.2) is 0 Å². The highest BCUT2D eigenvalue weighted by Crippen LogP contribution is 2.28. The van der Waals surface area contributed by atoms with Crippen LogP contribution >= 0.6 is 0 Å². The first kappa shape index (κ1) is 13.5. The van der Waals surface area contributed by atoms with Gasteiger partial charge in [-0.15, -0.1) is 0 Å². The third kappa shape index (κ3) is 4.42. The molecule has 0 aromatic heterocycles. The first-order valence-electron chi connectivity index (χ1n) is 5.70. The van der Waals surface area contributed by atoms with Gasteiger partial charge in [0.25, 0.3) is 0 Å². The summed E-state index contributed by atoms with van der Waals surface area (Å²) in [7, 11) is 3.25. The van der Waals surface area contributed by atoms with E-state index in [1.165, 1.54) is 4.90 Å². The van der Waals surface area contributed by atoms with Gasteiger partial charge in [-0.25, -0.2) is 0 Å². The molecule has 0 aromatic rings. The molecule has 1 unspecified atom stereocenters. The summed E-state index contributed by atoms with van der Waals surface area (Å²) in [6.45, 7) is 1.54. The van der Waals surface area contributed by atoms with Crippen LogP contribution < -0.4 is 10.6 Å². The largest absolute Gasteiger partial charge is 0.347 e. The number of hydrogen-bond donors (Lipinski definition) is 2. The molecule has 3 amide bonds. The van der Waals surface area contributed by atoms with Gasteiger partial charge >= 0.3 is 0 Å². The van der Waals surface area contributed by atoms with Crippen LogP contribution in [0.5, 0.6) is 0 Å². The van der Waals surface area contributed by atoms with Crippen molar-refractivity contribution in [3.8, 4) is 0 Å². The van der Waals surface area contributed by atoms with Crippen molar-refractivity contribution in [1.29, 1.82) is 0 Å². The van der Waals surface area contributed by atoms with E-state index in [0.29, 0.717) is 0 Å². The van der Waals surface area contributed by atoms with E-state index < -0.39 is 6.04 Å². The Kier molecular flexibility index (Phi) is 4.48. The molecule has 1 fully saturated rings. The van der Waals surface area contributed by atoms with Crippen LogP contribution in [0.1, 0.15) is 19.8 Å². The topological polar surface area (TPSA) is 78.5 Å². The van der Waals surface area contributed by atoms with Crippen molar-refractivity contribution in [1.82, 2.24) is 15.5 Å². The van der Waals surface area contributed by atoms with E-state index in [4.69, 9.17) is 0 Å². The third-order valence-electron chi connectivity index (χ3n) is 2.56. The number of carbonyl (C=O) groups is 3. The minimum Gasteiger partial charge on any atom is -0.347 e. The van der Waals surface area contributed by atoms with Gasteiger partial charge < -0.3 is 15.5 Å². The number of hydrogen-bond acceptors (Lipinski definition) is 3. The van der Waals surface area contributed by atoms with Crippen LogP contribution in [0.3, 0.4) is 0 Å². The second-order valence-corrected chi connectivity index (χ2v) is 4.51. The number of likely N-dealkylation sites (N-methyl/N-ethyl adjacent to an activating group) is 1. The predicted octanol–water partition coefficient (Wildman–Crippen LogP) is -0.894. The summed E-state index contributed by atoms with van der Waals surface area (Å²) < 4.78 is 0. The van der Waals surface area contributed by atoms with Gasteiger partial charge in [-0.2, -0.15) is 0 Å². The highest BCUT2D eigenvalue weighted by atomic mass is 16.2. The van der Waals surface area contributed by atoms with Crippen molar-refractivity contribution in [2.75, 3.05) is 20.6 Å². The van der Waals surface area contributed by atoms with Gasteiger partial charge in [-0.05, 0) is 19.8 Å². The molecule has 0 heterocycles. The molecular weight excluding hydrogens is 222 g/mol. The lowest BCUT2D eigenvalue weighted by Gasteiger charge is -2.18. The molecule has 0 aromatic carbocycles. The van der Waals surface area contributed by atoms with E-state index in [2.05, 4.69) is 10.6 Å². The molecule has 6 heteroatoms. The van der Waals surface area contributed by atoms with Crippen LogP contribution in [-0.2, 0) is 14.4 Å². The Morgan fingerprint density at radius 1 is 1.29 bits per heavy atom. The number of amides is 3.